The third kappa shape index (κ3) is 3.12. The number of pyridine rings is 1. The van der Waals surface area contributed by atoms with Gasteiger partial charge in [0.15, 0.2) is 0 Å². The fourth-order valence-electron chi connectivity index (χ4n) is 1.81. The minimum Gasteiger partial charge on any atom is -0.392 e. The lowest BCUT2D eigenvalue weighted by molar-refractivity contribution is -0.137. The van der Waals surface area contributed by atoms with E-state index in [1.807, 2.05) is 0 Å². The number of halogens is 3. The van der Waals surface area contributed by atoms with Crippen LogP contribution in [0.5, 0.6) is 0 Å². The quantitative estimate of drug-likeness (QED) is 0.902. The Hall–Kier alpha value is -1.88. The Labute approximate surface area is 108 Å². The molecule has 0 aliphatic carbocycles. The van der Waals surface area contributed by atoms with E-state index in [1.165, 1.54) is 12.1 Å². The first-order valence-electron chi connectivity index (χ1n) is 5.66. The number of aliphatic hydroxyl groups is 1. The number of hydrogen-bond acceptors (Lipinski definition) is 2. The number of aromatic nitrogens is 1. The molecule has 5 heteroatoms. The molecule has 0 atom stereocenters. The summed E-state index contributed by atoms with van der Waals surface area (Å²) in [7, 11) is 0. The minimum absolute atomic E-state index is 0.128. The van der Waals surface area contributed by atoms with E-state index in [0.29, 0.717) is 22.5 Å². The summed E-state index contributed by atoms with van der Waals surface area (Å²) in [4.78, 5) is 4.25. The molecule has 0 saturated carbocycles. The van der Waals surface area contributed by atoms with E-state index in [-0.39, 0.29) is 6.61 Å². The van der Waals surface area contributed by atoms with Gasteiger partial charge in [-0.2, -0.15) is 13.2 Å². The Kier molecular flexibility index (Phi) is 3.57. The molecule has 0 unspecified atom stereocenters. The second-order valence-electron chi connectivity index (χ2n) is 4.24. The van der Waals surface area contributed by atoms with E-state index in [9.17, 15) is 13.2 Å². The molecule has 100 valence electrons. The third-order valence-electron chi connectivity index (χ3n) is 2.70. The lowest BCUT2D eigenvalue weighted by atomic mass is 10.1. The van der Waals surface area contributed by atoms with Crippen LogP contribution in [0.4, 0.5) is 13.2 Å². The molecule has 1 heterocycles. The maximum atomic E-state index is 12.5. The van der Waals surface area contributed by atoms with Crippen LogP contribution in [0.3, 0.4) is 0 Å². The van der Waals surface area contributed by atoms with Crippen LogP contribution >= 0.6 is 0 Å². The van der Waals surface area contributed by atoms with E-state index in [1.54, 1.807) is 19.1 Å². The highest BCUT2D eigenvalue weighted by Gasteiger charge is 2.29. The number of aliphatic hydroxyl groups excluding tert-OH is 1. The second-order valence-corrected chi connectivity index (χ2v) is 4.24. The molecule has 0 aliphatic rings. The Morgan fingerprint density at radius 3 is 2.26 bits per heavy atom. The van der Waals surface area contributed by atoms with Crippen molar-refractivity contribution in [2.24, 2.45) is 0 Å². The zero-order valence-corrected chi connectivity index (χ0v) is 10.2. The van der Waals surface area contributed by atoms with E-state index in [4.69, 9.17) is 5.11 Å². The highest BCUT2D eigenvalue weighted by atomic mass is 19.4. The molecule has 0 bridgehead atoms. The molecule has 2 rings (SSSR count). The van der Waals surface area contributed by atoms with Crippen molar-refractivity contribution in [1.82, 2.24) is 4.98 Å². The second kappa shape index (κ2) is 5.01. The van der Waals surface area contributed by atoms with Crippen molar-refractivity contribution in [3.63, 3.8) is 0 Å². The van der Waals surface area contributed by atoms with E-state index < -0.39 is 11.7 Å². The number of aryl methyl sites for hydroxylation is 1. The Morgan fingerprint density at radius 2 is 1.74 bits per heavy atom. The number of rotatable bonds is 2. The lowest BCUT2D eigenvalue weighted by Crippen LogP contribution is -2.04. The summed E-state index contributed by atoms with van der Waals surface area (Å²) < 4.78 is 37.4. The van der Waals surface area contributed by atoms with Crippen LogP contribution in [-0.2, 0) is 12.8 Å². The Bertz CT molecular complexity index is 576. The summed E-state index contributed by atoms with van der Waals surface area (Å²) in [6, 6.07) is 8.20. The zero-order chi connectivity index (χ0) is 14.0. The summed E-state index contributed by atoms with van der Waals surface area (Å²) in [5.41, 5.74) is 1.85. The first-order chi connectivity index (χ1) is 8.90. The number of hydrogen-bond donors (Lipinski definition) is 1. The van der Waals surface area contributed by atoms with Crippen molar-refractivity contribution in [1.29, 1.82) is 0 Å². The maximum absolute atomic E-state index is 12.5. The van der Waals surface area contributed by atoms with Gasteiger partial charge in [0, 0.05) is 11.3 Å². The third-order valence-corrected chi connectivity index (χ3v) is 2.70. The molecule has 0 fully saturated rings. The molecule has 0 radical (unpaired) electrons. The van der Waals surface area contributed by atoms with Crippen molar-refractivity contribution < 1.29 is 18.3 Å². The molecule has 0 saturated heterocycles. The number of benzene rings is 1. The summed E-state index contributed by atoms with van der Waals surface area (Å²) in [5.74, 6) is 0. The standard InChI is InChI=1S/C14H12F3NO/c1-9-6-10(8-19)7-13(18-9)11-2-4-12(5-3-11)14(15,16)17/h2-7,19H,8H2,1H3. The predicted molar refractivity (Wildman–Crippen MR) is 65.3 cm³/mol. The van der Waals surface area contributed by atoms with Gasteiger partial charge in [-0.3, -0.25) is 4.98 Å². The average molecular weight is 267 g/mol. The van der Waals surface area contributed by atoms with Gasteiger partial charge in [0.2, 0.25) is 0 Å². The van der Waals surface area contributed by atoms with Crippen LogP contribution in [0, 0.1) is 6.92 Å². The topological polar surface area (TPSA) is 33.1 Å². The average Bonchev–Trinajstić information content (AvgIpc) is 2.37. The molecular formula is C14H12F3NO. The first kappa shape index (κ1) is 13.5. The van der Waals surface area contributed by atoms with E-state index >= 15 is 0 Å². The van der Waals surface area contributed by atoms with Crippen molar-refractivity contribution in [3.05, 3.63) is 53.2 Å². The SMILES string of the molecule is Cc1cc(CO)cc(-c2ccc(C(F)(F)F)cc2)n1. The molecule has 1 aromatic heterocycles. The van der Waals surface area contributed by atoms with Crippen LogP contribution in [-0.4, -0.2) is 10.1 Å². The van der Waals surface area contributed by atoms with Gasteiger partial charge in [0.1, 0.15) is 0 Å². The van der Waals surface area contributed by atoms with E-state index in [0.717, 1.165) is 12.1 Å². The number of alkyl halides is 3. The lowest BCUT2D eigenvalue weighted by Gasteiger charge is -2.08. The molecular weight excluding hydrogens is 255 g/mol. The highest BCUT2D eigenvalue weighted by molar-refractivity contribution is 5.60. The van der Waals surface area contributed by atoms with Gasteiger partial charge in [0.05, 0.1) is 17.9 Å². The van der Waals surface area contributed by atoms with Crippen LogP contribution in [0.25, 0.3) is 11.3 Å². The molecule has 0 amide bonds. The molecule has 0 spiro atoms. The van der Waals surface area contributed by atoms with Gasteiger partial charge in [-0.15, -0.1) is 0 Å². The van der Waals surface area contributed by atoms with Gasteiger partial charge in [-0.25, -0.2) is 0 Å². The smallest absolute Gasteiger partial charge is 0.392 e. The molecule has 1 N–H and O–H groups in total. The largest absolute Gasteiger partial charge is 0.416 e. The highest BCUT2D eigenvalue weighted by Crippen LogP contribution is 2.30. The zero-order valence-electron chi connectivity index (χ0n) is 10.2. The van der Waals surface area contributed by atoms with Crippen molar-refractivity contribution in [3.8, 4) is 11.3 Å². The molecule has 19 heavy (non-hydrogen) atoms. The van der Waals surface area contributed by atoms with Gasteiger partial charge in [-0.05, 0) is 36.8 Å². The number of nitrogens with zero attached hydrogens (tertiary/aromatic N) is 1. The summed E-state index contributed by atoms with van der Waals surface area (Å²) in [6.45, 7) is 1.64. The first-order valence-corrected chi connectivity index (χ1v) is 5.66. The van der Waals surface area contributed by atoms with Crippen LogP contribution < -0.4 is 0 Å². The van der Waals surface area contributed by atoms with Gasteiger partial charge < -0.3 is 5.11 Å². The molecule has 2 aromatic rings. The maximum Gasteiger partial charge on any atom is 0.416 e. The van der Waals surface area contributed by atoms with Crippen LogP contribution in [0.1, 0.15) is 16.8 Å². The fraction of sp³-hybridized carbons (Fsp3) is 0.214. The van der Waals surface area contributed by atoms with Gasteiger partial charge in [-0.1, -0.05) is 12.1 Å². The summed E-state index contributed by atoms with van der Waals surface area (Å²) in [5, 5.41) is 9.11. The normalized spacial score (nSPS) is 11.6. The fourth-order valence-corrected chi connectivity index (χ4v) is 1.81. The van der Waals surface area contributed by atoms with Crippen LogP contribution in [0.2, 0.25) is 0 Å². The van der Waals surface area contributed by atoms with Crippen molar-refractivity contribution >= 4 is 0 Å². The Morgan fingerprint density at radius 1 is 1.11 bits per heavy atom. The van der Waals surface area contributed by atoms with Gasteiger partial charge >= 0.3 is 6.18 Å². The monoisotopic (exact) mass is 267 g/mol. The van der Waals surface area contributed by atoms with Crippen molar-refractivity contribution in [2.75, 3.05) is 0 Å². The summed E-state index contributed by atoms with van der Waals surface area (Å²) >= 11 is 0. The van der Waals surface area contributed by atoms with E-state index in [2.05, 4.69) is 4.98 Å². The van der Waals surface area contributed by atoms with Gasteiger partial charge in [0.25, 0.3) is 0 Å². The van der Waals surface area contributed by atoms with Crippen LogP contribution in [0.15, 0.2) is 36.4 Å². The Balaban J connectivity index is 2.40. The molecule has 0 aliphatic heterocycles. The van der Waals surface area contributed by atoms with Crippen molar-refractivity contribution in [2.45, 2.75) is 19.7 Å². The molecule has 1 aromatic carbocycles. The minimum atomic E-state index is -4.34. The predicted octanol–water partition coefficient (Wildman–Crippen LogP) is 3.57. The molecule has 2 nitrogen and oxygen atoms in total. The summed E-state index contributed by atoms with van der Waals surface area (Å²) in [6.07, 6.45) is -4.34.